The Morgan fingerprint density at radius 1 is 0.920 bits per heavy atom. The largest absolute Gasteiger partial charge is 0.302 e. The Kier molecular flexibility index (Phi) is 4.24. The van der Waals surface area contributed by atoms with Crippen LogP contribution in [0.3, 0.4) is 0 Å². The molecule has 0 aliphatic carbocycles. The lowest BCUT2D eigenvalue weighted by Crippen LogP contribution is -1.97. The van der Waals surface area contributed by atoms with Crippen LogP contribution in [0.25, 0.3) is 16.9 Å². The van der Waals surface area contributed by atoms with Gasteiger partial charge in [0.15, 0.2) is 0 Å². The quantitative estimate of drug-likeness (QED) is 0.421. The first-order valence-corrected chi connectivity index (χ1v) is 8.84. The number of aromatic nitrogens is 2. The zero-order chi connectivity index (χ0) is 17.4. The van der Waals surface area contributed by atoms with Gasteiger partial charge in [0, 0.05) is 23.2 Å². The molecular formula is C21H16Cl2N2. The van der Waals surface area contributed by atoms with Gasteiger partial charge in [-0.15, -0.1) is 0 Å². The van der Waals surface area contributed by atoms with E-state index in [1.807, 2.05) is 42.6 Å². The molecule has 124 valence electrons. The lowest BCUT2D eigenvalue weighted by molar-refractivity contribution is 1.03. The van der Waals surface area contributed by atoms with E-state index in [0.717, 1.165) is 29.0 Å². The highest BCUT2D eigenvalue weighted by Gasteiger charge is 2.15. The van der Waals surface area contributed by atoms with E-state index in [1.54, 1.807) is 0 Å². The van der Waals surface area contributed by atoms with E-state index in [9.17, 15) is 0 Å². The van der Waals surface area contributed by atoms with Crippen LogP contribution in [-0.2, 0) is 6.42 Å². The minimum Gasteiger partial charge on any atom is -0.302 e. The first-order chi connectivity index (χ1) is 12.1. The SMILES string of the molecule is Cc1ccc(Cc2c(-c3cccc(Cl)c3)nc3ccc(Cl)cn23)cc1. The van der Waals surface area contributed by atoms with Crippen LogP contribution >= 0.6 is 23.2 Å². The third-order valence-corrected chi connectivity index (χ3v) is 4.73. The van der Waals surface area contributed by atoms with Crippen LogP contribution < -0.4 is 0 Å². The van der Waals surface area contributed by atoms with Gasteiger partial charge in [0.25, 0.3) is 0 Å². The molecule has 0 bridgehead atoms. The molecule has 0 unspecified atom stereocenters. The van der Waals surface area contributed by atoms with Gasteiger partial charge in [0.2, 0.25) is 0 Å². The van der Waals surface area contributed by atoms with Crippen LogP contribution in [0.4, 0.5) is 0 Å². The van der Waals surface area contributed by atoms with Crippen LogP contribution in [-0.4, -0.2) is 9.38 Å². The van der Waals surface area contributed by atoms with E-state index in [0.29, 0.717) is 10.0 Å². The van der Waals surface area contributed by atoms with Gasteiger partial charge in [-0.05, 0) is 36.8 Å². The van der Waals surface area contributed by atoms with E-state index in [-0.39, 0.29) is 0 Å². The second-order valence-electron chi connectivity index (χ2n) is 6.16. The molecular weight excluding hydrogens is 351 g/mol. The van der Waals surface area contributed by atoms with Crippen LogP contribution in [0.1, 0.15) is 16.8 Å². The molecule has 4 aromatic rings. The number of halogens is 2. The summed E-state index contributed by atoms with van der Waals surface area (Å²) in [5.41, 5.74) is 6.40. The molecule has 2 nitrogen and oxygen atoms in total. The lowest BCUT2D eigenvalue weighted by Gasteiger charge is -2.07. The summed E-state index contributed by atoms with van der Waals surface area (Å²) in [6.45, 7) is 2.09. The molecule has 4 rings (SSSR count). The minimum absolute atomic E-state index is 0.688. The van der Waals surface area contributed by atoms with Crippen molar-refractivity contribution in [2.24, 2.45) is 0 Å². The molecule has 0 radical (unpaired) electrons. The molecule has 0 saturated heterocycles. The normalized spacial score (nSPS) is 11.2. The standard InChI is InChI=1S/C21H16Cl2N2/c1-14-5-7-15(8-6-14)11-19-21(16-3-2-4-17(22)12-16)24-20-10-9-18(23)13-25(19)20/h2-10,12-13H,11H2,1H3. The van der Waals surface area contributed by atoms with Crippen LogP contribution in [0, 0.1) is 6.92 Å². The molecule has 0 amide bonds. The Bertz CT molecular complexity index is 1050. The summed E-state index contributed by atoms with van der Waals surface area (Å²) in [5, 5.41) is 1.39. The van der Waals surface area contributed by atoms with Gasteiger partial charge in [-0.3, -0.25) is 0 Å². The molecule has 2 aromatic carbocycles. The molecule has 0 aliphatic rings. The molecule has 2 heterocycles. The number of imidazole rings is 1. The summed E-state index contributed by atoms with van der Waals surface area (Å²) < 4.78 is 2.07. The number of rotatable bonds is 3. The van der Waals surface area contributed by atoms with Crippen molar-refractivity contribution >= 4 is 28.8 Å². The second kappa shape index (κ2) is 6.55. The topological polar surface area (TPSA) is 17.3 Å². The number of hydrogen-bond acceptors (Lipinski definition) is 1. The molecule has 0 saturated carbocycles. The van der Waals surface area contributed by atoms with Crippen molar-refractivity contribution in [1.29, 1.82) is 0 Å². The summed E-state index contributed by atoms with van der Waals surface area (Å²) in [6, 6.07) is 20.2. The zero-order valence-electron chi connectivity index (χ0n) is 13.7. The van der Waals surface area contributed by atoms with Crippen molar-refractivity contribution in [3.05, 3.63) is 93.7 Å². The summed E-state index contributed by atoms with van der Waals surface area (Å²) in [7, 11) is 0. The van der Waals surface area contributed by atoms with Gasteiger partial charge in [-0.2, -0.15) is 0 Å². The Labute approximate surface area is 156 Å². The highest BCUT2D eigenvalue weighted by Crippen LogP contribution is 2.29. The Morgan fingerprint density at radius 2 is 1.72 bits per heavy atom. The fourth-order valence-electron chi connectivity index (χ4n) is 3.00. The summed E-state index contributed by atoms with van der Waals surface area (Å²) in [6.07, 6.45) is 2.69. The highest BCUT2D eigenvalue weighted by atomic mass is 35.5. The van der Waals surface area contributed by atoms with Crippen LogP contribution in [0.5, 0.6) is 0 Å². The summed E-state index contributed by atoms with van der Waals surface area (Å²) >= 11 is 12.4. The molecule has 0 atom stereocenters. The van der Waals surface area contributed by atoms with Gasteiger partial charge >= 0.3 is 0 Å². The Morgan fingerprint density at radius 3 is 2.48 bits per heavy atom. The zero-order valence-corrected chi connectivity index (χ0v) is 15.2. The van der Waals surface area contributed by atoms with Crippen molar-refractivity contribution in [1.82, 2.24) is 9.38 Å². The number of fused-ring (bicyclic) bond motifs is 1. The van der Waals surface area contributed by atoms with Crippen molar-refractivity contribution in [2.75, 3.05) is 0 Å². The van der Waals surface area contributed by atoms with Crippen LogP contribution in [0.2, 0.25) is 10.0 Å². The highest BCUT2D eigenvalue weighted by molar-refractivity contribution is 6.31. The maximum atomic E-state index is 6.23. The smallest absolute Gasteiger partial charge is 0.137 e. The number of pyridine rings is 1. The van der Waals surface area contributed by atoms with Crippen molar-refractivity contribution in [3.63, 3.8) is 0 Å². The molecule has 0 N–H and O–H groups in total. The average molecular weight is 367 g/mol. The van der Waals surface area contributed by atoms with E-state index < -0.39 is 0 Å². The van der Waals surface area contributed by atoms with Crippen molar-refractivity contribution in [3.8, 4) is 11.3 Å². The van der Waals surface area contributed by atoms with Gasteiger partial charge < -0.3 is 4.40 Å². The van der Waals surface area contributed by atoms with Gasteiger partial charge in [0.05, 0.1) is 16.4 Å². The average Bonchev–Trinajstić information content (AvgIpc) is 2.95. The first-order valence-electron chi connectivity index (χ1n) is 8.08. The summed E-state index contributed by atoms with van der Waals surface area (Å²) in [4.78, 5) is 4.82. The fraction of sp³-hybridized carbons (Fsp3) is 0.0952. The second-order valence-corrected chi connectivity index (χ2v) is 7.03. The predicted octanol–water partition coefficient (Wildman–Crippen LogP) is 6.21. The number of benzene rings is 2. The van der Waals surface area contributed by atoms with Crippen molar-refractivity contribution in [2.45, 2.75) is 13.3 Å². The Balaban J connectivity index is 1.91. The van der Waals surface area contributed by atoms with E-state index in [2.05, 4.69) is 35.6 Å². The van der Waals surface area contributed by atoms with E-state index in [4.69, 9.17) is 28.2 Å². The molecule has 0 spiro atoms. The monoisotopic (exact) mass is 366 g/mol. The number of hydrogen-bond donors (Lipinski definition) is 0. The maximum Gasteiger partial charge on any atom is 0.137 e. The number of aryl methyl sites for hydroxylation is 1. The van der Waals surface area contributed by atoms with Gasteiger partial charge in [-0.25, -0.2) is 4.98 Å². The van der Waals surface area contributed by atoms with Gasteiger partial charge in [0.1, 0.15) is 5.65 Å². The molecule has 25 heavy (non-hydrogen) atoms. The molecule has 0 aliphatic heterocycles. The third kappa shape index (κ3) is 3.28. The minimum atomic E-state index is 0.688. The lowest BCUT2D eigenvalue weighted by atomic mass is 10.0. The fourth-order valence-corrected chi connectivity index (χ4v) is 3.35. The van der Waals surface area contributed by atoms with E-state index >= 15 is 0 Å². The molecule has 0 fully saturated rings. The molecule has 4 heteroatoms. The van der Waals surface area contributed by atoms with Crippen LogP contribution in [0.15, 0.2) is 66.9 Å². The summed E-state index contributed by atoms with van der Waals surface area (Å²) in [5.74, 6) is 0. The predicted molar refractivity (Wildman–Crippen MR) is 105 cm³/mol. The van der Waals surface area contributed by atoms with E-state index in [1.165, 1.54) is 11.1 Å². The van der Waals surface area contributed by atoms with Gasteiger partial charge in [-0.1, -0.05) is 65.2 Å². The van der Waals surface area contributed by atoms with Crippen molar-refractivity contribution < 1.29 is 0 Å². The Hall–Kier alpha value is -2.29. The third-order valence-electron chi connectivity index (χ3n) is 4.27. The first kappa shape index (κ1) is 16.2. The molecule has 2 aromatic heterocycles. The maximum absolute atomic E-state index is 6.23. The number of nitrogens with zero attached hydrogens (tertiary/aromatic N) is 2.